The molecule has 268 valence electrons. The van der Waals surface area contributed by atoms with Crippen LogP contribution in [0, 0.1) is 13.8 Å². The summed E-state index contributed by atoms with van der Waals surface area (Å²) in [5, 5.41) is 0. The molecule has 2 aliphatic rings. The summed E-state index contributed by atoms with van der Waals surface area (Å²) >= 11 is 2.75. The first-order valence-corrected chi connectivity index (χ1v) is 23.1. The van der Waals surface area contributed by atoms with E-state index in [1.165, 1.54) is 75.1 Å². The minimum atomic E-state index is -1.18. The minimum absolute atomic E-state index is 0. The number of rotatable bonds is 10. The molecule has 0 saturated heterocycles. The second-order valence-electron chi connectivity index (χ2n) is 14.5. The van der Waals surface area contributed by atoms with Gasteiger partial charge in [-0.3, -0.25) is 0 Å². The molecular formula is C48H46Cl2S2Zr. The van der Waals surface area contributed by atoms with Crippen molar-refractivity contribution in [1.29, 1.82) is 0 Å². The molecule has 8 rings (SSSR count). The topological polar surface area (TPSA) is 0 Å². The van der Waals surface area contributed by atoms with Crippen molar-refractivity contribution in [1.82, 2.24) is 0 Å². The van der Waals surface area contributed by atoms with Gasteiger partial charge in [0.1, 0.15) is 0 Å². The largest absolute Gasteiger partial charge is 1.00 e. The van der Waals surface area contributed by atoms with E-state index in [1.54, 1.807) is 11.1 Å². The second kappa shape index (κ2) is 16.9. The third kappa shape index (κ3) is 7.72. The number of halogens is 2. The van der Waals surface area contributed by atoms with Gasteiger partial charge in [0.2, 0.25) is 0 Å². The summed E-state index contributed by atoms with van der Waals surface area (Å²) < 4.78 is 0.944. The Kier molecular flexibility index (Phi) is 12.7. The van der Waals surface area contributed by atoms with Crippen molar-refractivity contribution in [3.05, 3.63) is 162 Å². The van der Waals surface area contributed by atoms with Crippen LogP contribution in [0.4, 0.5) is 0 Å². The molecule has 6 aromatic rings. The van der Waals surface area contributed by atoms with E-state index in [0.29, 0.717) is 19.1 Å². The monoisotopic (exact) mass is 846 g/mol. The quantitative estimate of drug-likeness (QED) is 0.130. The molecule has 4 aromatic carbocycles. The molecule has 53 heavy (non-hydrogen) atoms. The van der Waals surface area contributed by atoms with E-state index in [0.717, 1.165) is 12.8 Å². The first kappa shape index (κ1) is 39.9. The van der Waals surface area contributed by atoms with Gasteiger partial charge in [-0.15, -0.1) is 0 Å². The summed E-state index contributed by atoms with van der Waals surface area (Å²) in [5.74, 6) is 1.17. The number of hydrogen-bond donors (Lipinski definition) is 0. The van der Waals surface area contributed by atoms with Crippen LogP contribution in [-0.4, -0.2) is 0 Å². The van der Waals surface area contributed by atoms with Gasteiger partial charge < -0.3 is 24.8 Å². The normalized spacial score (nSPS) is 16.7. The van der Waals surface area contributed by atoms with Gasteiger partial charge in [-0.1, -0.05) is 0 Å². The van der Waals surface area contributed by atoms with Gasteiger partial charge in [0, 0.05) is 0 Å². The Hall–Kier alpha value is -2.78. The number of thiophene rings is 2. The third-order valence-corrected chi connectivity index (χ3v) is 18.1. The Morgan fingerprint density at radius 2 is 0.925 bits per heavy atom. The van der Waals surface area contributed by atoms with E-state index in [2.05, 4.69) is 163 Å². The average molecular weight is 849 g/mol. The van der Waals surface area contributed by atoms with Crippen molar-refractivity contribution in [2.24, 2.45) is 0 Å². The molecule has 2 aliphatic carbocycles. The Morgan fingerprint density at radius 3 is 1.26 bits per heavy atom. The van der Waals surface area contributed by atoms with Crippen molar-refractivity contribution in [2.45, 2.75) is 73.5 Å². The summed E-state index contributed by atoms with van der Waals surface area (Å²) in [6, 6.07) is 42.5. The van der Waals surface area contributed by atoms with E-state index in [4.69, 9.17) is 0 Å². The first-order chi connectivity index (χ1) is 24.8. The summed E-state index contributed by atoms with van der Waals surface area (Å²) in [4.78, 5) is 5.66. The van der Waals surface area contributed by atoms with Crippen LogP contribution < -0.4 is 24.8 Å². The van der Waals surface area contributed by atoms with Crippen molar-refractivity contribution >= 4 is 46.0 Å². The maximum absolute atomic E-state index is 2.58. The van der Waals surface area contributed by atoms with Crippen LogP contribution in [0.5, 0.6) is 0 Å². The van der Waals surface area contributed by atoms with E-state index >= 15 is 0 Å². The van der Waals surface area contributed by atoms with Crippen molar-refractivity contribution in [3.8, 4) is 22.3 Å². The van der Waals surface area contributed by atoms with Gasteiger partial charge in [-0.05, 0) is 0 Å². The average Bonchev–Trinajstić information content (AvgIpc) is 3.96. The molecule has 0 nitrogen and oxygen atoms in total. The van der Waals surface area contributed by atoms with Gasteiger partial charge in [0.25, 0.3) is 0 Å². The van der Waals surface area contributed by atoms with E-state index in [9.17, 15) is 0 Å². The molecule has 0 fully saturated rings. The fourth-order valence-electron chi connectivity index (χ4n) is 7.89. The van der Waals surface area contributed by atoms with Crippen LogP contribution in [0.15, 0.2) is 109 Å². The zero-order valence-electron chi connectivity index (χ0n) is 31.3. The van der Waals surface area contributed by atoms with Crippen molar-refractivity contribution in [2.75, 3.05) is 0 Å². The Labute approximate surface area is 348 Å². The molecule has 0 aliphatic heterocycles. The van der Waals surface area contributed by atoms with Gasteiger partial charge >= 0.3 is 327 Å². The second-order valence-corrected chi connectivity index (χ2v) is 20.8. The zero-order chi connectivity index (χ0) is 35.2. The van der Waals surface area contributed by atoms with E-state index in [-0.39, 0.29) is 24.8 Å². The molecule has 5 heteroatoms. The molecule has 0 spiro atoms. The van der Waals surface area contributed by atoms with Gasteiger partial charge in [-0.25, -0.2) is 0 Å². The Morgan fingerprint density at radius 1 is 0.528 bits per heavy atom. The molecule has 0 saturated carbocycles. The van der Waals surface area contributed by atoms with Crippen LogP contribution in [0.2, 0.25) is 0 Å². The Balaban J connectivity index is 0.00000240. The molecule has 4 atom stereocenters. The standard InChI is InChI=1S/2C24H23S.2ClH.Zr/c2*1-4-16(2)18-9-11-19(12-10-18)22-7-5-6-20-14-21(15-23(20)22)24-13-8-17(3)25-24;;;/h2*5-16H,4H2,1-3H3;2*1H;/q;;;;+2/p-2. The van der Waals surface area contributed by atoms with Gasteiger partial charge in [-0.2, -0.15) is 0 Å². The van der Waals surface area contributed by atoms with Gasteiger partial charge in [0.05, 0.1) is 0 Å². The number of allylic oxidation sites excluding steroid dienone is 2. The van der Waals surface area contributed by atoms with Crippen molar-refractivity contribution < 1.29 is 48.0 Å². The third-order valence-electron chi connectivity index (χ3n) is 11.3. The fourth-order valence-corrected chi connectivity index (χ4v) is 15.2. The SMILES string of the molecule is CCC(C)c1ccc(-c2cccc3c2C=C(c2ccc(C)s2)[CH]3[Zr+2][CH]2C(c3ccc(C)s3)=Cc3c(-c4ccc(C(C)CC)cc4)cccc32)cc1.[Cl-].[Cl-]. The number of fused-ring (bicyclic) bond motifs is 2. The summed E-state index contributed by atoms with van der Waals surface area (Å²) in [7, 11) is 0. The Bertz CT molecular complexity index is 2110. The van der Waals surface area contributed by atoms with E-state index < -0.39 is 23.2 Å². The molecule has 0 amide bonds. The number of aryl methyl sites for hydroxylation is 2. The van der Waals surface area contributed by atoms with Crippen LogP contribution in [-0.2, 0) is 23.2 Å². The molecule has 2 aromatic heterocycles. The predicted octanol–water partition coefficient (Wildman–Crippen LogP) is 8.77. The molecular weight excluding hydrogens is 803 g/mol. The summed E-state index contributed by atoms with van der Waals surface area (Å²) in [6.45, 7) is 13.7. The van der Waals surface area contributed by atoms with Crippen LogP contribution >= 0.6 is 22.7 Å². The molecule has 0 bridgehead atoms. The predicted molar refractivity (Wildman–Crippen MR) is 221 cm³/mol. The van der Waals surface area contributed by atoms with Crippen LogP contribution in [0.3, 0.4) is 0 Å². The molecule has 2 heterocycles. The number of benzene rings is 4. The van der Waals surface area contributed by atoms with Gasteiger partial charge in [0.15, 0.2) is 0 Å². The molecule has 0 N–H and O–H groups in total. The molecule has 4 unspecified atom stereocenters. The zero-order valence-corrected chi connectivity index (χ0v) is 36.9. The van der Waals surface area contributed by atoms with E-state index in [1.807, 2.05) is 22.7 Å². The fraction of sp³-hybridized carbons (Fsp3) is 0.250. The maximum Gasteiger partial charge on any atom is -1.00 e. The first-order valence-electron chi connectivity index (χ1n) is 18.6. The smallest absolute Gasteiger partial charge is 1.00 e. The maximum atomic E-state index is 2.58. The van der Waals surface area contributed by atoms with Crippen LogP contribution in [0.25, 0.3) is 45.6 Å². The molecule has 0 radical (unpaired) electrons. The van der Waals surface area contributed by atoms with Crippen molar-refractivity contribution in [3.63, 3.8) is 0 Å². The summed E-state index contributed by atoms with van der Waals surface area (Å²) in [5.41, 5.74) is 17.3. The summed E-state index contributed by atoms with van der Waals surface area (Å²) in [6.07, 6.45) is 7.48. The van der Waals surface area contributed by atoms with Crippen LogP contribution in [0.1, 0.15) is 113 Å². The number of hydrogen-bond acceptors (Lipinski definition) is 2. The minimum Gasteiger partial charge on any atom is -1.00 e.